The van der Waals surface area contributed by atoms with Gasteiger partial charge in [0.15, 0.2) is 0 Å². The number of amides is 1. The normalized spacial score (nSPS) is 18.9. The zero-order valence-corrected chi connectivity index (χ0v) is 19.5. The largest absolute Gasteiger partial charge is 0.490 e. The number of carbonyl (C=O) groups is 1. The summed E-state index contributed by atoms with van der Waals surface area (Å²) >= 11 is 1.07. The molecule has 2 fully saturated rings. The molecule has 2 aromatic rings. The standard InChI is InChI=1S/C22H25F3N2O4S2/c23-22(24,25)21(28)26-11-13-27(14-12-26)33(29,30)20-18(10-15-32-20)17-8-4-5-9-19(17)31-16-6-2-1-3-7-16/h4-5,8-10,15-16H,1-3,6-7,11-14H2. The molecule has 33 heavy (non-hydrogen) atoms. The zero-order chi connectivity index (χ0) is 23.6. The van der Waals surface area contributed by atoms with E-state index in [1.165, 1.54) is 6.42 Å². The predicted molar refractivity (Wildman–Crippen MR) is 119 cm³/mol. The van der Waals surface area contributed by atoms with Gasteiger partial charge in [0.1, 0.15) is 9.96 Å². The van der Waals surface area contributed by atoms with E-state index < -0.39 is 22.1 Å². The van der Waals surface area contributed by atoms with E-state index in [0.29, 0.717) is 21.8 Å². The minimum absolute atomic E-state index is 0.0952. The number of sulfonamides is 1. The highest BCUT2D eigenvalue weighted by atomic mass is 32.2. The van der Waals surface area contributed by atoms with Crippen LogP contribution in [0.2, 0.25) is 0 Å². The van der Waals surface area contributed by atoms with Crippen LogP contribution in [0.25, 0.3) is 11.1 Å². The number of halogens is 3. The van der Waals surface area contributed by atoms with Crippen LogP contribution in [0, 0.1) is 0 Å². The van der Waals surface area contributed by atoms with Gasteiger partial charge in [-0.2, -0.15) is 17.5 Å². The summed E-state index contributed by atoms with van der Waals surface area (Å²) in [5.74, 6) is -1.31. The van der Waals surface area contributed by atoms with Crippen molar-refractivity contribution in [3.05, 3.63) is 35.7 Å². The average Bonchev–Trinajstić information content (AvgIpc) is 3.30. The van der Waals surface area contributed by atoms with Crippen LogP contribution in [0.15, 0.2) is 39.9 Å². The predicted octanol–water partition coefficient (Wildman–Crippen LogP) is 4.52. The van der Waals surface area contributed by atoms with Crippen molar-refractivity contribution in [2.45, 2.75) is 48.6 Å². The highest BCUT2D eigenvalue weighted by Gasteiger charge is 2.44. The Morgan fingerprint density at radius 2 is 1.64 bits per heavy atom. The number of para-hydroxylation sites is 1. The third-order valence-corrected chi connectivity index (χ3v) is 9.36. The summed E-state index contributed by atoms with van der Waals surface area (Å²) in [6.45, 7) is -0.997. The number of rotatable bonds is 5. The maximum atomic E-state index is 13.4. The Bertz CT molecular complexity index is 1090. The molecule has 1 aromatic carbocycles. The van der Waals surface area contributed by atoms with Crippen molar-refractivity contribution >= 4 is 27.3 Å². The molecule has 1 aliphatic carbocycles. The first-order valence-electron chi connectivity index (χ1n) is 10.9. The molecule has 0 radical (unpaired) electrons. The van der Waals surface area contributed by atoms with Gasteiger partial charge in [0.05, 0.1) is 6.10 Å². The lowest BCUT2D eigenvalue weighted by molar-refractivity contribution is -0.186. The zero-order valence-electron chi connectivity index (χ0n) is 17.9. The number of hydrogen-bond donors (Lipinski definition) is 0. The quantitative estimate of drug-likeness (QED) is 0.603. The molecule has 6 nitrogen and oxygen atoms in total. The fraction of sp³-hybridized carbons (Fsp3) is 0.500. The summed E-state index contributed by atoms with van der Waals surface area (Å²) < 4.78 is 72.4. The van der Waals surface area contributed by atoms with E-state index in [9.17, 15) is 26.4 Å². The van der Waals surface area contributed by atoms with Crippen LogP contribution < -0.4 is 4.74 Å². The van der Waals surface area contributed by atoms with Crippen molar-refractivity contribution in [2.75, 3.05) is 26.2 Å². The Morgan fingerprint density at radius 3 is 2.30 bits per heavy atom. The molecule has 1 saturated carbocycles. The van der Waals surface area contributed by atoms with Crippen molar-refractivity contribution in [3.8, 4) is 16.9 Å². The number of carbonyl (C=O) groups excluding carboxylic acids is 1. The molecule has 0 bridgehead atoms. The van der Waals surface area contributed by atoms with Crippen LogP contribution in [0.3, 0.4) is 0 Å². The van der Waals surface area contributed by atoms with Gasteiger partial charge in [-0.25, -0.2) is 8.42 Å². The topological polar surface area (TPSA) is 66.9 Å². The summed E-state index contributed by atoms with van der Waals surface area (Å²) in [4.78, 5) is 12.1. The number of hydrogen-bond acceptors (Lipinski definition) is 5. The van der Waals surface area contributed by atoms with E-state index in [1.54, 1.807) is 11.4 Å². The molecule has 2 heterocycles. The number of piperazine rings is 1. The van der Waals surface area contributed by atoms with Crippen LogP contribution in [-0.4, -0.2) is 62.0 Å². The molecule has 0 atom stereocenters. The first kappa shape index (κ1) is 24.0. The fourth-order valence-corrected chi connectivity index (χ4v) is 7.21. The second-order valence-electron chi connectivity index (χ2n) is 8.19. The summed E-state index contributed by atoms with van der Waals surface area (Å²) in [6.07, 6.45) is 0.452. The van der Waals surface area contributed by atoms with Gasteiger partial charge in [0.2, 0.25) is 0 Å². The Kier molecular flexibility index (Phi) is 7.01. The first-order chi connectivity index (χ1) is 15.7. The fourth-order valence-electron chi connectivity index (χ4n) is 4.28. The van der Waals surface area contributed by atoms with Crippen LogP contribution in [-0.2, 0) is 14.8 Å². The summed E-state index contributed by atoms with van der Waals surface area (Å²) in [7, 11) is -3.95. The third-order valence-electron chi connectivity index (χ3n) is 6.00. The van der Waals surface area contributed by atoms with E-state index in [0.717, 1.165) is 41.3 Å². The van der Waals surface area contributed by atoms with Crippen molar-refractivity contribution in [1.29, 1.82) is 0 Å². The Labute approximate surface area is 195 Å². The molecule has 180 valence electrons. The van der Waals surface area contributed by atoms with Crippen LogP contribution in [0.5, 0.6) is 5.75 Å². The maximum Gasteiger partial charge on any atom is 0.471 e. The number of nitrogens with zero attached hydrogens (tertiary/aromatic N) is 2. The average molecular weight is 503 g/mol. The smallest absolute Gasteiger partial charge is 0.471 e. The van der Waals surface area contributed by atoms with Crippen LogP contribution >= 0.6 is 11.3 Å². The second kappa shape index (κ2) is 9.63. The molecule has 4 rings (SSSR count). The number of ether oxygens (including phenoxy) is 1. The van der Waals surface area contributed by atoms with Gasteiger partial charge < -0.3 is 9.64 Å². The van der Waals surface area contributed by atoms with Crippen molar-refractivity contribution < 1.29 is 31.1 Å². The Hall–Kier alpha value is -2.11. The molecule has 0 unspecified atom stereocenters. The Balaban J connectivity index is 1.55. The molecular formula is C22H25F3N2O4S2. The SMILES string of the molecule is O=C(N1CCN(S(=O)(=O)c2sccc2-c2ccccc2OC2CCCCC2)CC1)C(F)(F)F. The van der Waals surface area contributed by atoms with Gasteiger partial charge in [-0.1, -0.05) is 24.6 Å². The summed E-state index contributed by atoms with van der Waals surface area (Å²) in [5.41, 5.74) is 1.19. The molecule has 0 spiro atoms. The van der Waals surface area contributed by atoms with Crippen molar-refractivity contribution in [2.24, 2.45) is 0 Å². The lowest BCUT2D eigenvalue weighted by Gasteiger charge is -2.34. The molecule has 11 heteroatoms. The number of thiophene rings is 1. The van der Waals surface area contributed by atoms with E-state index >= 15 is 0 Å². The second-order valence-corrected chi connectivity index (χ2v) is 11.2. The molecule has 2 aliphatic rings. The van der Waals surface area contributed by atoms with Crippen molar-refractivity contribution in [3.63, 3.8) is 0 Å². The minimum atomic E-state index is -4.97. The summed E-state index contributed by atoms with van der Waals surface area (Å²) in [5, 5.41) is 1.68. The maximum absolute atomic E-state index is 13.4. The van der Waals surface area contributed by atoms with Gasteiger partial charge in [-0.05, 0) is 43.2 Å². The lowest BCUT2D eigenvalue weighted by atomic mass is 9.97. The van der Waals surface area contributed by atoms with Gasteiger partial charge >= 0.3 is 12.1 Å². The highest BCUT2D eigenvalue weighted by Crippen LogP contribution is 2.40. The molecule has 1 saturated heterocycles. The van der Waals surface area contributed by atoms with Crippen molar-refractivity contribution in [1.82, 2.24) is 9.21 Å². The van der Waals surface area contributed by atoms with Gasteiger partial charge in [0.25, 0.3) is 10.0 Å². The van der Waals surface area contributed by atoms with E-state index in [4.69, 9.17) is 4.74 Å². The number of benzene rings is 1. The molecule has 1 aliphatic heterocycles. The lowest BCUT2D eigenvalue weighted by Crippen LogP contribution is -2.53. The van der Waals surface area contributed by atoms with E-state index in [-0.39, 0.29) is 36.5 Å². The molecule has 0 N–H and O–H groups in total. The van der Waals surface area contributed by atoms with E-state index in [2.05, 4.69) is 0 Å². The highest BCUT2D eigenvalue weighted by molar-refractivity contribution is 7.91. The first-order valence-corrected chi connectivity index (χ1v) is 13.2. The number of alkyl halides is 3. The molecule has 1 amide bonds. The summed E-state index contributed by atoms with van der Waals surface area (Å²) in [6, 6.07) is 9.04. The molecular weight excluding hydrogens is 477 g/mol. The monoisotopic (exact) mass is 502 g/mol. The van der Waals surface area contributed by atoms with Gasteiger partial charge in [-0.3, -0.25) is 4.79 Å². The van der Waals surface area contributed by atoms with Crippen LogP contribution in [0.1, 0.15) is 32.1 Å². The minimum Gasteiger partial charge on any atom is -0.490 e. The molecule has 1 aromatic heterocycles. The van der Waals surface area contributed by atoms with E-state index in [1.807, 2.05) is 24.3 Å². The third kappa shape index (κ3) is 5.20. The van der Waals surface area contributed by atoms with Crippen LogP contribution in [0.4, 0.5) is 13.2 Å². The Morgan fingerprint density at radius 1 is 0.970 bits per heavy atom. The van der Waals surface area contributed by atoms with Gasteiger partial charge in [-0.15, -0.1) is 11.3 Å². The van der Waals surface area contributed by atoms with Gasteiger partial charge in [0, 0.05) is 37.3 Å².